The van der Waals surface area contributed by atoms with Crippen molar-refractivity contribution in [3.05, 3.63) is 29.8 Å². The smallest absolute Gasteiger partial charge is 0.0698 e. The minimum Gasteiger partial charge on any atom is -0.399 e. The third kappa shape index (κ3) is 6.89. The predicted molar refractivity (Wildman–Crippen MR) is 74.5 cm³/mol. The lowest BCUT2D eigenvalue weighted by Gasteiger charge is -2.13. The van der Waals surface area contributed by atoms with Gasteiger partial charge in [0.05, 0.1) is 12.7 Å². The second-order valence-corrected chi connectivity index (χ2v) is 3.52. The van der Waals surface area contributed by atoms with Crippen LogP contribution in [0.3, 0.4) is 0 Å². The van der Waals surface area contributed by atoms with Gasteiger partial charge in [-0.3, -0.25) is 4.84 Å². The molecule has 100 valence electrons. The van der Waals surface area contributed by atoms with Crippen molar-refractivity contribution in [1.82, 2.24) is 5.06 Å². The van der Waals surface area contributed by atoms with Crippen LogP contribution in [-0.2, 0) is 11.4 Å². The summed E-state index contributed by atoms with van der Waals surface area (Å²) in [6.07, 6.45) is 1.13. The maximum atomic E-state index is 7.32. The largest absolute Gasteiger partial charge is 0.399 e. The number of nitrogen functional groups attached to an aromatic ring is 1. The Morgan fingerprint density at radius 1 is 1.33 bits per heavy atom. The second-order valence-electron chi connectivity index (χ2n) is 3.52. The topological polar surface area (TPSA) is 62.3 Å². The molecular formula is C14H23N3O. The third-order valence-electron chi connectivity index (χ3n) is 2.16. The molecule has 4 heteroatoms. The van der Waals surface area contributed by atoms with Crippen LogP contribution < -0.4 is 5.73 Å². The molecule has 0 saturated carbocycles. The molecule has 2 rings (SSSR count). The predicted octanol–water partition coefficient (Wildman–Crippen LogP) is 2.96. The second kappa shape index (κ2) is 10.6. The van der Waals surface area contributed by atoms with E-state index in [9.17, 15) is 0 Å². The Morgan fingerprint density at radius 2 is 1.89 bits per heavy atom. The van der Waals surface area contributed by atoms with Crippen LogP contribution in [0, 0.1) is 11.3 Å². The van der Waals surface area contributed by atoms with Crippen LogP contribution in [0.5, 0.6) is 0 Å². The van der Waals surface area contributed by atoms with Gasteiger partial charge in [-0.15, -0.1) is 0 Å². The van der Waals surface area contributed by atoms with E-state index in [1.54, 1.807) is 6.07 Å². The molecule has 1 saturated heterocycles. The number of hydrogen-bond acceptors (Lipinski definition) is 4. The van der Waals surface area contributed by atoms with Crippen LogP contribution >= 0.6 is 0 Å². The summed E-state index contributed by atoms with van der Waals surface area (Å²) >= 11 is 0. The van der Waals surface area contributed by atoms with E-state index in [2.05, 4.69) is 0 Å². The van der Waals surface area contributed by atoms with Crippen molar-refractivity contribution in [3.8, 4) is 6.07 Å². The van der Waals surface area contributed by atoms with E-state index >= 15 is 0 Å². The molecule has 1 aromatic rings. The van der Waals surface area contributed by atoms with Crippen molar-refractivity contribution < 1.29 is 4.84 Å². The van der Waals surface area contributed by atoms with E-state index in [4.69, 9.17) is 15.8 Å². The molecule has 0 aliphatic carbocycles. The van der Waals surface area contributed by atoms with Crippen LogP contribution in [-0.4, -0.2) is 18.2 Å². The lowest BCUT2D eigenvalue weighted by atomic mass is 10.2. The molecule has 1 aliphatic heterocycles. The van der Waals surface area contributed by atoms with Crippen molar-refractivity contribution in [3.63, 3.8) is 0 Å². The molecule has 0 spiro atoms. The fourth-order valence-electron chi connectivity index (χ4n) is 1.45. The number of nitrogens with zero attached hydrogens (tertiary/aromatic N) is 2. The Bertz CT molecular complexity index is 337. The number of nitriles is 1. The molecular weight excluding hydrogens is 226 g/mol. The SMILES string of the molecule is CC.CC#N.Nc1ccc(CN2CCCO2)cc1. The monoisotopic (exact) mass is 249 g/mol. The van der Waals surface area contributed by atoms with E-state index in [1.165, 1.54) is 12.5 Å². The average molecular weight is 249 g/mol. The molecule has 1 aliphatic rings. The zero-order valence-electron chi connectivity index (χ0n) is 11.5. The molecule has 0 bridgehead atoms. The van der Waals surface area contributed by atoms with Crippen LogP contribution in [0.4, 0.5) is 5.69 Å². The Hall–Kier alpha value is -1.57. The van der Waals surface area contributed by atoms with Crippen molar-refractivity contribution in [2.75, 3.05) is 18.9 Å². The summed E-state index contributed by atoms with van der Waals surface area (Å²) in [5.41, 5.74) is 7.65. The maximum Gasteiger partial charge on any atom is 0.0698 e. The minimum atomic E-state index is 0.811. The maximum absolute atomic E-state index is 7.32. The summed E-state index contributed by atoms with van der Waals surface area (Å²) in [5, 5.41) is 9.31. The Labute approximate surface area is 110 Å². The highest BCUT2D eigenvalue weighted by atomic mass is 16.7. The standard InChI is InChI=1S/C10H14N2O.C2H3N.C2H6/c11-10-4-2-9(3-5-10)8-12-6-1-7-13-12;1-2-3;1-2/h2-5H,1,6-8,11H2;1H3;1-2H3. The van der Waals surface area contributed by atoms with Gasteiger partial charge >= 0.3 is 0 Å². The molecule has 0 aromatic heterocycles. The lowest BCUT2D eigenvalue weighted by molar-refractivity contribution is -0.117. The van der Waals surface area contributed by atoms with Crippen LogP contribution in [0.25, 0.3) is 0 Å². The number of hydrogen-bond donors (Lipinski definition) is 1. The Balaban J connectivity index is 0.000000509. The van der Waals surface area contributed by atoms with Gasteiger partial charge in [0.25, 0.3) is 0 Å². The van der Waals surface area contributed by atoms with Gasteiger partial charge in [-0.05, 0) is 24.1 Å². The number of nitrogens with two attached hydrogens (primary N) is 1. The van der Waals surface area contributed by atoms with Gasteiger partial charge in [0, 0.05) is 25.7 Å². The lowest BCUT2D eigenvalue weighted by Crippen LogP contribution is -2.16. The molecule has 1 fully saturated rings. The van der Waals surface area contributed by atoms with Crippen LogP contribution in [0.15, 0.2) is 24.3 Å². The number of hydroxylamine groups is 2. The van der Waals surface area contributed by atoms with Gasteiger partial charge < -0.3 is 5.73 Å². The first kappa shape index (κ1) is 16.4. The average Bonchev–Trinajstić information content (AvgIpc) is 2.89. The van der Waals surface area contributed by atoms with Gasteiger partial charge in [-0.25, -0.2) is 0 Å². The van der Waals surface area contributed by atoms with Crippen LogP contribution in [0.2, 0.25) is 0 Å². The molecule has 2 N–H and O–H groups in total. The molecule has 0 unspecified atom stereocenters. The van der Waals surface area contributed by atoms with E-state index in [-0.39, 0.29) is 0 Å². The van der Waals surface area contributed by atoms with Gasteiger partial charge in [-0.1, -0.05) is 26.0 Å². The molecule has 0 amide bonds. The van der Waals surface area contributed by atoms with Gasteiger partial charge in [0.2, 0.25) is 0 Å². The quantitative estimate of drug-likeness (QED) is 0.818. The van der Waals surface area contributed by atoms with E-state index < -0.39 is 0 Å². The molecule has 1 heterocycles. The zero-order chi connectivity index (χ0) is 13.8. The third-order valence-corrected chi connectivity index (χ3v) is 2.16. The molecule has 4 nitrogen and oxygen atoms in total. The van der Waals surface area contributed by atoms with E-state index in [1.807, 2.05) is 43.2 Å². The summed E-state index contributed by atoms with van der Waals surface area (Å²) in [7, 11) is 0. The summed E-state index contributed by atoms with van der Waals surface area (Å²) in [6.45, 7) is 8.18. The van der Waals surface area contributed by atoms with Gasteiger partial charge in [0.1, 0.15) is 0 Å². The van der Waals surface area contributed by atoms with Crippen molar-refractivity contribution in [1.29, 1.82) is 5.26 Å². The Kier molecular flexibility index (Phi) is 9.65. The first-order valence-corrected chi connectivity index (χ1v) is 6.29. The normalized spacial score (nSPS) is 13.7. The summed E-state index contributed by atoms with van der Waals surface area (Å²) in [4.78, 5) is 5.39. The van der Waals surface area contributed by atoms with Gasteiger partial charge in [0.15, 0.2) is 0 Å². The number of rotatable bonds is 2. The summed E-state index contributed by atoms with van der Waals surface area (Å²) in [6, 6.07) is 9.67. The number of benzene rings is 1. The first-order chi connectivity index (χ1) is 8.76. The van der Waals surface area contributed by atoms with Crippen LogP contribution in [0.1, 0.15) is 32.8 Å². The first-order valence-electron chi connectivity index (χ1n) is 6.29. The highest BCUT2D eigenvalue weighted by Gasteiger charge is 2.11. The van der Waals surface area contributed by atoms with Crippen molar-refractivity contribution in [2.45, 2.75) is 33.7 Å². The van der Waals surface area contributed by atoms with Crippen molar-refractivity contribution >= 4 is 5.69 Å². The molecule has 0 radical (unpaired) electrons. The van der Waals surface area contributed by atoms with E-state index in [0.29, 0.717) is 0 Å². The fraction of sp³-hybridized carbons (Fsp3) is 0.500. The highest BCUT2D eigenvalue weighted by Crippen LogP contribution is 2.12. The zero-order valence-corrected chi connectivity index (χ0v) is 11.5. The van der Waals surface area contributed by atoms with E-state index in [0.717, 1.165) is 31.8 Å². The summed E-state index contributed by atoms with van der Waals surface area (Å²) in [5.74, 6) is 0. The van der Waals surface area contributed by atoms with Gasteiger partial charge in [-0.2, -0.15) is 10.3 Å². The number of anilines is 1. The highest BCUT2D eigenvalue weighted by molar-refractivity contribution is 5.39. The fourth-order valence-corrected chi connectivity index (χ4v) is 1.45. The van der Waals surface area contributed by atoms with Crippen molar-refractivity contribution in [2.24, 2.45) is 0 Å². The minimum absolute atomic E-state index is 0.811. The molecule has 18 heavy (non-hydrogen) atoms. The molecule has 1 aromatic carbocycles. The Morgan fingerprint density at radius 3 is 2.33 bits per heavy atom. The molecule has 0 atom stereocenters. The summed E-state index contributed by atoms with van der Waals surface area (Å²) < 4.78 is 0.